The molecule has 2 rings (SSSR count). The molecule has 0 spiro atoms. The van der Waals surface area contributed by atoms with Gasteiger partial charge in [-0.05, 0) is 22.9 Å². The number of hydrogen-bond acceptors (Lipinski definition) is 4. The first-order valence-electron chi connectivity index (χ1n) is 6.43. The Morgan fingerprint density at radius 3 is 2.40 bits per heavy atom. The largest absolute Gasteiger partial charge is 0.450 e. The van der Waals surface area contributed by atoms with Gasteiger partial charge < -0.3 is 14.5 Å². The third-order valence-electron chi connectivity index (χ3n) is 3.19. The van der Waals surface area contributed by atoms with E-state index in [0.29, 0.717) is 43.0 Å². The van der Waals surface area contributed by atoms with Crippen LogP contribution in [0.3, 0.4) is 0 Å². The molecule has 1 aromatic heterocycles. The van der Waals surface area contributed by atoms with E-state index in [2.05, 4.69) is 21.0 Å². The van der Waals surface area contributed by atoms with Crippen LogP contribution in [0.15, 0.2) is 10.7 Å². The van der Waals surface area contributed by atoms with E-state index in [4.69, 9.17) is 4.74 Å². The van der Waals surface area contributed by atoms with Gasteiger partial charge >= 0.3 is 6.09 Å². The van der Waals surface area contributed by atoms with Crippen LogP contribution >= 0.6 is 15.9 Å². The minimum atomic E-state index is -0.318. The Morgan fingerprint density at radius 2 is 1.90 bits per heavy atom. The van der Waals surface area contributed by atoms with E-state index in [1.54, 1.807) is 34.6 Å². The molecule has 0 saturated carbocycles. The molecule has 1 fully saturated rings. The SMILES string of the molecule is CCOC(=O)N1CCN(C(=O)c2c(Br)cnn2C)CC1. The molecule has 0 aromatic carbocycles. The minimum absolute atomic E-state index is 0.0830. The first kappa shape index (κ1) is 14.8. The van der Waals surface area contributed by atoms with Crippen molar-refractivity contribution in [3.05, 3.63) is 16.4 Å². The fraction of sp³-hybridized carbons (Fsp3) is 0.583. The molecule has 1 aliphatic rings. The van der Waals surface area contributed by atoms with Gasteiger partial charge in [0.1, 0.15) is 5.69 Å². The molecule has 2 heterocycles. The van der Waals surface area contributed by atoms with Crippen LogP contribution in [0.2, 0.25) is 0 Å². The first-order chi connectivity index (χ1) is 9.54. The topological polar surface area (TPSA) is 67.7 Å². The van der Waals surface area contributed by atoms with E-state index in [1.807, 2.05) is 0 Å². The second-order valence-corrected chi connectivity index (χ2v) is 5.30. The maximum Gasteiger partial charge on any atom is 0.409 e. The van der Waals surface area contributed by atoms with Crippen LogP contribution in [0.25, 0.3) is 0 Å². The zero-order valence-electron chi connectivity index (χ0n) is 11.5. The van der Waals surface area contributed by atoms with E-state index < -0.39 is 0 Å². The van der Waals surface area contributed by atoms with Gasteiger partial charge in [0.2, 0.25) is 0 Å². The third-order valence-corrected chi connectivity index (χ3v) is 3.77. The van der Waals surface area contributed by atoms with Gasteiger partial charge in [0.05, 0.1) is 17.3 Å². The van der Waals surface area contributed by atoms with Crippen LogP contribution in [-0.4, -0.2) is 64.4 Å². The second kappa shape index (κ2) is 6.25. The second-order valence-electron chi connectivity index (χ2n) is 4.44. The van der Waals surface area contributed by atoms with E-state index >= 15 is 0 Å². The molecular weight excluding hydrogens is 328 g/mol. The molecule has 1 saturated heterocycles. The summed E-state index contributed by atoms with van der Waals surface area (Å²) in [7, 11) is 1.73. The number of carbonyl (C=O) groups excluding carboxylic acids is 2. The van der Waals surface area contributed by atoms with Crippen LogP contribution in [0.5, 0.6) is 0 Å². The summed E-state index contributed by atoms with van der Waals surface area (Å²) in [4.78, 5) is 27.3. The molecule has 110 valence electrons. The van der Waals surface area contributed by atoms with Crippen LogP contribution < -0.4 is 0 Å². The van der Waals surface area contributed by atoms with Gasteiger partial charge in [-0.1, -0.05) is 0 Å². The van der Waals surface area contributed by atoms with Crippen molar-refractivity contribution in [2.24, 2.45) is 7.05 Å². The molecule has 0 bridgehead atoms. The lowest BCUT2D eigenvalue weighted by atomic mass is 10.3. The van der Waals surface area contributed by atoms with Gasteiger partial charge in [-0.2, -0.15) is 5.10 Å². The number of halogens is 1. The zero-order chi connectivity index (χ0) is 14.7. The summed E-state index contributed by atoms with van der Waals surface area (Å²) in [6.45, 7) is 4.10. The number of hydrogen-bond donors (Lipinski definition) is 0. The van der Waals surface area contributed by atoms with Crippen molar-refractivity contribution in [2.45, 2.75) is 6.92 Å². The van der Waals surface area contributed by atoms with Crippen molar-refractivity contribution in [3.8, 4) is 0 Å². The van der Waals surface area contributed by atoms with Crippen molar-refractivity contribution in [1.29, 1.82) is 0 Å². The molecule has 20 heavy (non-hydrogen) atoms. The lowest BCUT2D eigenvalue weighted by Gasteiger charge is -2.34. The third kappa shape index (κ3) is 2.95. The molecular formula is C12H17BrN4O3. The number of nitrogens with zero attached hydrogens (tertiary/aromatic N) is 4. The minimum Gasteiger partial charge on any atom is -0.450 e. The number of ether oxygens (including phenoxy) is 1. The van der Waals surface area contributed by atoms with Crippen LogP contribution in [0.4, 0.5) is 4.79 Å². The maximum atomic E-state index is 12.4. The Morgan fingerprint density at radius 1 is 1.30 bits per heavy atom. The van der Waals surface area contributed by atoms with Crippen molar-refractivity contribution >= 4 is 27.9 Å². The lowest BCUT2D eigenvalue weighted by Crippen LogP contribution is -2.51. The maximum absolute atomic E-state index is 12.4. The molecule has 0 atom stereocenters. The van der Waals surface area contributed by atoms with Crippen LogP contribution in [-0.2, 0) is 11.8 Å². The van der Waals surface area contributed by atoms with Gasteiger partial charge in [0.25, 0.3) is 5.91 Å². The monoisotopic (exact) mass is 344 g/mol. The summed E-state index contributed by atoms with van der Waals surface area (Å²) >= 11 is 3.32. The molecule has 0 N–H and O–H groups in total. The summed E-state index contributed by atoms with van der Waals surface area (Å²) < 4.78 is 7.17. The fourth-order valence-electron chi connectivity index (χ4n) is 2.11. The van der Waals surface area contributed by atoms with E-state index in [-0.39, 0.29) is 12.0 Å². The summed E-state index contributed by atoms with van der Waals surface area (Å²) in [5.74, 6) is -0.0830. The standard InChI is InChI=1S/C12H17BrN4O3/c1-3-20-12(19)17-6-4-16(5-7-17)11(18)10-9(13)8-14-15(10)2/h8H,3-7H2,1-2H3. The average molecular weight is 345 g/mol. The molecule has 0 aliphatic carbocycles. The van der Waals surface area contributed by atoms with Crippen molar-refractivity contribution in [1.82, 2.24) is 19.6 Å². The normalized spacial score (nSPS) is 15.3. The molecule has 0 radical (unpaired) electrons. The first-order valence-corrected chi connectivity index (χ1v) is 7.22. The number of rotatable bonds is 2. The van der Waals surface area contributed by atoms with Gasteiger partial charge in [0.15, 0.2) is 0 Å². The van der Waals surface area contributed by atoms with Gasteiger partial charge in [-0.3, -0.25) is 9.48 Å². The van der Waals surface area contributed by atoms with E-state index in [1.165, 1.54) is 0 Å². The number of aryl methyl sites for hydroxylation is 1. The quantitative estimate of drug-likeness (QED) is 0.805. The summed E-state index contributed by atoms with van der Waals surface area (Å²) in [6.07, 6.45) is 1.28. The molecule has 7 nitrogen and oxygen atoms in total. The van der Waals surface area contributed by atoms with Crippen molar-refractivity contribution in [2.75, 3.05) is 32.8 Å². The summed E-state index contributed by atoms with van der Waals surface area (Å²) in [5, 5.41) is 4.04. The molecule has 0 unspecified atom stereocenters. The lowest BCUT2D eigenvalue weighted by molar-refractivity contribution is 0.0561. The number of amides is 2. The predicted octanol–water partition coefficient (Wildman–Crippen LogP) is 1.10. The van der Waals surface area contributed by atoms with Crippen molar-refractivity contribution in [3.63, 3.8) is 0 Å². The predicted molar refractivity (Wildman–Crippen MR) is 75.4 cm³/mol. The fourth-order valence-corrected chi connectivity index (χ4v) is 2.63. The van der Waals surface area contributed by atoms with Crippen molar-refractivity contribution < 1.29 is 14.3 Å². The van der Waals surface area contributed by atoms with E-state index in [9.17, 15) is 9.59 Å². The number of piperazine rings is 1. The van der Waals surface area contributed by atoms with Gasteiger partial charge in [0, 0.05) is 33.2 Å². The highest BCUT2D eigenvalue weighted by atomic mass is 79.9. The highest BCUT2D eigenvalue weighted by molar-refractivity contribution is 9.10. The average Bonchev–Trinajstić information content (AvgIpc) is 2.78. The van der Waals surface area contributed by atoms with E-state index in [0.717, 1.165) is 0 Å². The van der Waals surface area contributed by atoms with Crippen LogP contribution in [0, 0.1) is 0 Å². The molecule has 1 aliphatic heterocycles. The highest BCUT2D eigenvalue weighted by Gasteiger charge is 2.27. The van der Waals surface area contributed by atoms with Gasteiger partial charge in [-0.25, -0.2) is 4.79 Å². The summed E-state index contributed by atoms with van der Waals surface area (Å²) in [5.41, 5.74) is 0.523. The Balaban J connectivity index is 1.97. The number of carbonyl (C=O) groups is 2. The zero-order valence-corrected chi connectivity index (χ0v) is 13.1. The Kier molecular flexibility index (Phi) is 4.64. The highest BCUT2D eigenvalue weighted by Crippen LogP contribution is 2.18. The molecule has 2 amide bonds. The number of aromatic nitrogens is 2. The smallest absolute Gasteiger partial charge is 0.409 e. The Hall–Kier alpha value is -1.57. The summed E-state index contributed by atoms with van der Waals surface area (Å²) in [6, 6.07) is 0. The molecule has 1 aromatic rings. The molecule has 8 heteroatoms. The Labute approximate surface area is 125 Å². The van der Waals surface area contributed by atoms with Gasteiger partial charge in [-0.15, -0.1) is 0 Å². The van der Waals surface area contributed by atoms with Crippen LogP contribution in [0.1, 0.15) is 17.4 Å². The Bertz CT molecular complexity index is 489.